The minimum atomic E-state index is -4.30. The van der Waals surface area contributed by atoms with Crippen LogP contribution in [0, 0.1) is 0 Å². The van der Waals surface area contributed by atoms with E-state index in [1.807, 2.05) is 12.3 Å². The minimum Gasteiger partial charge on any atom is -0.346 e. The Balaban J connectivity index is 1.41. The van der Waals surface area contributed by atoms with Gasteiger partial charge in [0.15, 0.2) is 0 Å². The Labute approximate surface area is 153 Å². The molecule has 0 radical (unpaired) electrons. The first-order chi connectivity index (χ1) is 12.5. The predicted octanol–water partition coefficient (Wildman–Crippen LogP) is 5.47. The fraction of sp³-hybridized carbons (Fsp3) is 0.316. The SMILES string of the molecule is FC(F)(F)c1cccc(SN2CCC(c3c[nH]c4ncccc34)CC2)c1. The van der Waals surface area contributed by atoms with Gasteiger partial charge in [0.2, 0.25) is 0 Å². The first kappa shape index (κ1) is 17.4. The van der Waals surface area contributed by atoms with Crippen molar-refractivity contribution in [1.29, 1.82) is 0 Å². The zero-order valence-electron chi connectivity index (χ0n) is 14.0. The van der Waals surface area contributed by atoms with Crippen LogP contribution in [0.3, 0.4) is 0 Å². The van der Waals surface area contributed by atoms with Gasteiger partial charge < -0.3 is 4.98 Å². The number of H-pyrrole nitrogens is 1. The zero-order valence-corrected chi connectivity index (χ0v) is 14.8. The molecule has 7 heteroatoms. The summed E-state index contributed by atoms with van der Waals surface area (Å²) < 4.78 is 40.7. The molecule has 1 aliphatic heterocycles. The van der Waals surface area contributed by atoms with E-state index in [1.165, 1.54) is 29.6 Å². The number of benzene rings is 1. The molecule has 1 saturated heterocycles. The smallest absolute Gasteiger partial charge is 0.346 e. The van der Waals surface area contributed by atoms with Crippen LogP contribution in [0.15, 0.2) is 53.7 Å². The van der Waals surface area contributed by atoms with Crippen LogP contribution in [-0.4, -0.2) is 27.4 Å². The molecule has 26 heavy (non-hydrogen) atoms. The molecule has 0 unspecified atom stereocenters. The van der Waals surface area contributed by atoms with Gasteiger partial charge in [0, 0.05) is 35.8 Å². The Bertz CT molecular complexity index is 898. The van der Waals surface area contributed by atoms with Gasteiger partial charge in [-0.25, -0.2) is 9.29 Å². The largest absolute Gasteiger partial charge is 0.416 e. The van der Waals surface area contributed by atoms with Gasteiger partial charge >= 0.3 is 6.18 Å². The maximum absolute atomic E-state index is 12.9. The second kappa shape index (κ2) is 6.96. The van der Waals surface area contributed by atoms with Crippen LogP contribution in [0.25, 0.3) is 11.0 Å². The topological polar surface area (TPSA) is 31.9 Å². The highest BCUT2D eigenvalue weighted by atomic mass is 32.2. The summed E-state index contributed by atoms with van der Waals surface area (Å²) in [5.74, 6) is 0.450. The van der Waals surface area contributed by atoms with Crippen LogP contribution in [0.1, 0.15) is 29.9 Å². The van der Waals surface area contributed by atoms with E-state index < -0.39 is 11.7 Å². The summed E-state index contributed by atoms with van der Waals surface area (Å²) in [7, 11) is 0. The number of rotatable bonds is 3. The highest BCUT2D eigenvalue weighted by molar-refractivity contribution is 7.97. The molecule has 0 amide bonds. The van der Waals surface area contributed by atoms with Crippen molar-refractivity contribution >= 4 is 23.0 Å². The monoisotopic (exact) mass is 377 g/mol. The lowest BCUT2D eigenvalue weighted by molar-refractivity contribution is -0.137. The number of piperidine rings is 1. The van der Waals surface area contributed by atoms with E-state index in [2.05, 4.69) is 20.3 Å². The van der Waals surface area contributed by atoms with Crippen molar-refractivity contribution in [2.45, 2.75) is 29.8 Å². The molecule has 0 spiro atoms. The molecule has 3 nitrogen and oxygen atoms in total. The van der Waals surface area contributed by atoms with E-state index in [9.17, 15) is 13.2 Å². The average Bonchev–Trinajstić information content (AvgIpc) is 3.06. The van der Waals surface area contributed by atoms with Crippen molar-refractivity contribution in [3.05, 3.63) is 59.9 Å². The molecule has 0 saturated carbocycles. The Kier molecular flexibility index (Phi) is 4.67. The Morgan fingerprint density at radius 2 is 1.92 bits per heavy atom. The van der Waals surface area contributed by atoms with E-state index in [4.69, 9.17) is 0 Å². The summed E-state index contributed by atoms with van der Waals surface area (Å²) in [4.78, 5) is 8.19. The molecule has 1 N–H and O–H groups in total. The lowest BCUT2D eigenvalue weighted by Crippen LogP contribution is -2.27. The Morgan fingerprint density at radius 3 is 2.69 bits per heavy atom. The van der Waals surface area contributed by atoms with E-state index in [0.29, 0.717) is 10.8 Å². The van der Waals surface area contributed by atoms with Gasteiger partial charge in [-0.3, -0.25) is 0 Å². The first-order valence-electron chi connectivity index (χ1n) is 8.53. The molecule has 136 valence electrons. The second-order valence-electron chi connectivity index (χ2n) is 6.46. The number of hydrogen-bond donors (Lipinski definition) is 1. The third-order valence-electron chi connectivity index (χ3n) is 4.77. The number of halogens is 3. The van der Waals surface area contributed by atoms with Crippen LogP contribution >= 0.6 is 11.9 Å². The number of aromatic nitrogens is 2. The maximum atomic E-state index is 12.9. The van der Waals surface area contributed by atoms with Gasteiger partial charge in [0.05, 0.1) is 5.56 Å². The van der Waals surface area contributed by atoms with Crippen molar-refractivity contribution < 1.29 is 13.2 Å². The molecule has 1 aliphatic rings. The van der Waals surface area contributed by atoms with Crippen LogP contribution < -0.4 is 0 Å². The lowest BCUT2D eigenvalue weighted by Gasteiger charge is -2.31. The maximum Gasteiger partial charge on any atom is 0.416 e. The van der Waals surface area contributed by atoms with Crippen molar-refractivity contribution in [2.24, 2.45) is 0 Å². The third-order valence-corrected chi connectivity index (χ3v) is 5.86. The van der Waals surface area contributed by atoms with Crippen molar-refractivity contribution in [3.8, 4) is 0 Å². The summed E-state index contributed by atoms with van der Waals surface area (Å²) in [5, 5.41) is 1.16. The minimum absolute atomic E-state index is 0.450. The van der Waals surface area contributed by atoms with Crippen LogP contribution in [-0.2, 0) is 6.18 Å². The predicted molar refractivity (Wildman–Crippen MR) is 96.9 cm³/mol. The highest BCUT2D eigenvalue weighted by Gasteiger charge is 2.31. The van der Waals surface area contributed by atoms with Gasteiger partial charge in [-0.05, 0) is 66.6 Å². The number of nitrogens with zero attached hydrogens (tertiary/aromatic N) is 2. The molecule has 4 rings (SSSR count). The number of hydrogen-bond acceptors (Lipinski definition) is 3. The van der Waals surface area contributed by atoms with Crippen LogP contribution in [0.5, 0.6) is 0 Å². The Hall–Kier alpha value is -1.99. The Morgan fingerprint density at radius 1 is 1.12 bits per heavy atom. The van der Waals surface area contributed by atoms with Gasteiger partial charge in [-0.15, -0.1) is 0 Å². The quantitative estimate of drug-likeness (QED) is 0.615. The summed E-state index contributed by atoms with van der Waals surface area (Å²) in [6.07, 6.45) is 1.48. The van der Waals surface area contributed by atoms with Gasteiger partial charge in [-0.2, -0.15) is 13.2 Å². The van der Waals surface area contributed by atoms with Crippen LogP contribution in [0.4, 0.5) is 13.2 Å². The number of aromatic amines is 1. The molecular weight excluding hydrogens is 359 g/mol. The van der Waals surface area contributed by atoms with E-state index >= 15 is 0 Å². The normalized spacial score (nSPS) is 17.0. The number of nitrogens with one attached hydrogen (secondary N) is 1. The molecule has 1 aromatic carbocycles. The van der Waals surface area contributed by atoms with Crippen LogP contribution in [0.2, 0.25) is 0 Å². The van der Waals surface area contributed by atoms with E-state index in [0.717, 1.165) is 43.0 Å². The summed E-state index contributed by atoms with van der Waals surface area (Å²) >= 11 is 1.41. The highest BCUT2D eigenvalue weighted by Crippen LogP contribution is 2.37. The van der Waals surface area contributed by atoms with Crippen molar-refractivity contribution in [1.82, 2.24) is 14.3 Å². The fourth-order valence-electron chi connectivity index (χ4n) is 3.45. The average molecular weight is 377 g/mol. The number of pyridine rings is 1. The summed E-state index contributed by atoms with van der Waals surface area (Å²) in [6.45, 7) is 1.69. The first-order valence-corrected chi connectivity index (χ1v) is 9.30. The standard InChI is InChI=1S/C19H18F3N3S/c20-19(21,22)14-3-1-4-15(11-14)26-25-9-6-13(7-10-25)17-12-24-18-16(17)5-2-8-23-18/h1-5,8,11-13H,6-7,9-10H2,(H,23,24). The second-order valence-corrected chi connectivity index (χ2v) is 7.63. The lowest BCUT2D eigenvalue weighted by atomic mass is 9.90. The zero-order chi connectivity index (χ0) is 18.1. The molecule has 0 aliphatic carbocycles. The van der Waals surface area contributed by atoms with E-state index in [-0.39, 0.29) is 0 Å². The molecular formula is C19H18F3N3S. The molecule has 1 fully saturated rings. The van der Waals surface area contributed by atoms with Gasteiger partial charge in [0.1, 0.15) is 5.65 Å². The number of fused-ring (bicyclic) bond motifs is 1. The van der Waals surface area contributed by atoms with Crippen molar-refractivity contribution in [3.63, 3.8) is 0 Å². The van der Waals surface area contributed by atoms with E-state index in [1.54, 1.807) is 12.3 Å². The summed E-state index contributed by atoms with van der Waals surface area (Å²) in [6, 6.07) is 9.56. The van der Waals surface area contributed by atoms with Gasteiger partial charge in [-0.1, -0.05) is 6.07 Å². The van der Waals surface area contributed by atoms with Crippen molar-refractivity contribution in [2.75, 3.05) is 13.1 Å². The summed E-state index contributed by atoms with van der Waals surface area (Å²) in [5.41, 5.74) is 1.60. The molecule has 3 heterocycles. The third kappa shape index (κ3) is 3.59. The van der Waals surface area contributed by atoms with Gasteiger partial charge in [0.25, 0.3) is 0 Å². The number of alkyl halides is 3. The molecule has 0 bridgehead atoms. The fourth-order valence-corrected chi connectivity index (χ4v) is 4.46. The molecule has 0 atom stereocenters. The molecule has 3 aromatic rings. The molecule has 2 aromatic heterocycles.